The summed E-state index contributed by atoms with van der Waals surface area (Å²) in [5.74, 6) is -0.389. The van der Waals surface area contributed by atoms with E-state index < -0.39 is 5.97 Å². The summed E-state index contributed by atoms with van der Waals surface area (Å²) in [5.41, 5.74) is 1.16. The number of hydrogen-bond donors (Lipinski definition) is 1. The van der Waals surface area contributed by atoms with E-state index >= 15 is 0 Å². The minimum atomic E-state index is -0.445. The van der Waals surface area contributed by atoms with E-state index in [1.807, 2.05) is 17.5 Å². The van der Waals surface area contributed by atoms with Crippen LogP contribution in [0.25, 0.3) is 10.4 Å². The van der Waals surface area contributed by atoms with Crippen LogP contribution in [0.15, 0.2) is 35.7 Å². The van der Waals surface area contributed by atoms with Gasteiger partial charge in [-0.1, -0.05) is 6.07 Å². The lowest BCUT2D eigenvalue weighted by Gasteiger charge is -2.06. The number of phenolic OH excluding ortho intramolecular Hbond substituents is 1. The van der Waals surface area contributed by atoms with E-state index in [1.54, 1.807) is 12.1 Å². The molecule has 0 radical (unpaired) electrons. The Morgan fingerprint density at radius 1 is 1.38 bits per heavy atom. The number of phenols is 1. The zero-order valence-electron chi connectivity index (χ0n) is 8.64. The Bertz CT molecular complexity index is 503. The number of esters is 1. The van der Waals surface area contributed by atoms with E-state index in [0.29, 0.717) is 5.56 Å². The van der Waals surface area contributed by atoms with Gasteiger partial charge in [-0.3, -0.25) is 0 Å². The molecule has 0 amide bonds. The number of benzene rings is 1. The minimum Gasteiger partial charge on any atom is -0.508 e. The van der Waals surface area contributed by atoms with Gasteiger partial charge in [0.1, 0.15) is 5.75 Å². The van der Waals surface area contributed by atoms with E-state index in [1.165, 1.54) is 24.5 Å². The van der Waals surface area contributed by atoms with Crippen molar-refractivity contribution in [2.24, 2.45) is 0 Å². The second-order valence-electron chi connectivity index (χ2n) is 3.20. The first-order valence-corrected chi connectivity index (χ1v) is 5.55. The maximum atomic E-state index is 11.6. The molecule has 0 atom stereocenters. The molecule has 0 aliphatic heterocycles. The van der Waals surface area contributed by atoms with Gasteiger partial charge in [0.05, 0.1) is 12.7 Å². The van der Waals surface area contributed by atoms with Crippen molar-refractivity contribution in [3.63, 3.8) is 0 Å². The number of aromatic hydroxyl groups is 1. The highest BCUT2D eigenvalue weighted by atomic mass is 32.1. The molecule has 1 aromatic heterocycles. The molecule has 0 unspecified atom stereocenters. The molecule has 82 valence electrons. The minimum absolute atomic E-state index is 0.0562. The molecular weight excluding hydrogens is 224 g/mol. The Balaban J connectivity index is 2.57. The third-order valence-electron chi connectivity index (χ3n) is 2.20. The van der Waals surface area contributed by atoms with Crippen LogP contribution in [-0.2, 0) is 4.74 Å². The van der Waals surface area contributed by atoms with Gasteiger partial charge in [0.15, 0.2) is 0 Å². The average Bonchev–Trinajstić information content (AvgIpc) is 2.81. The lowest BCUT2D eigenvalue weighted by molar-refractivity contribution is 0.0601. The zero-order chi connectivity index (χ0) is 11.5. The molecule has 0 fully saturated rings. The van der Waals surface area contributed by atoms with Crippen LogP contribution >= 0.6 is 11.3 Å². The van der Waals surface area contributed by atoms with Crippen molar-refractivity contribution >= 4 is 17.3 Å². The summed E-state index contributed by atoms with van der Waals surface area (Å²) < 4.78 is 4.68. The molecule has 16 heavy (non-hydrogen) atoms. The van der Waals surface area contributed by atoms with Crippen molar-refractivity contribution in [3.05, 3.63) is 41.3 Å². The molecule has 0 saturated carbocycles. The summed E-state index contributed by atoms with van der Waals surface area (Å²) in [7, 11) is 1.32. The summed E-state index contributed by atoms with van der Waals surface area (Å²) in [6.07, 6.45) is 0. The van der Waals surface area contributed by atoms with Crippen LogP contribution in [0, 0.1) is 0 Å². The third kappa shape index (κ3) is 1.92. The predicted molar refractivity (Wildman–Crippen MR) is 62.8 cm³/mol. The van der Waals surface area contributed by atoms with E-state index in [0.717, 1.165) is 10.4 Å². The van der Waals surface area contributed by atoms with Crippen molar-refractivity contribution < 1.29 is 14.6 Å². The highest BCUT2D eigenvalue weighted by Gasteiger charge is 2.14. The highest BCUT2D eigenvalue weighted by molar-refractivity contribution is 7.13. The van der Waals surface area contributed by atoms with Gasteiger partial charge in [0, 0.05) is 10.4 Å². The Morgan fingerprint density at radius 3 is 2.81 bits per heavy atom. The first-order chi connectivity index (χ1) is 7.72. The summed E-state index contributed by atoms with van der Waals surface area (Å²) in [4.78, 5) is 12.5. The summed E-state index contributed by atoms with van der Waals surface area (Å²) in [5, 5.41) is 11.3. The number of rotatable bonds is 2. The van der Waals surface area contributed by atoms with Crippen molar-refractivity contribution in [2.45, 2.75) is 0 Å². The lowest BCUT2D eigenvalue weighted by Crippen LogP contribution is -2.02. The van der Waals surface area contributed by atoms with Crippen LogP contribution in [0.3, 0.4) is 0 Å². The molecule has 1 N–H and O–H groups in total. The van der Waals surface area contributed by atoms with Gasteiger partial charge in [0.2, 0.25) is 0 Å². The van der Waals surface area contributed by atoms with Gasteiger partial charge in [0.25, 0.3) is 0 Å². The summed E-state index contributed by atoms with van der Waals surface area (Å²) >= 11 is 1.53. The van der Waals surface area contributed by atoms with Crippen molar-refractivity contribution in [1.29, 1.82) is 0 Å². The van der Waals surface area contributed by atoms with Gasteiger partial charge in [-0.15, -0.1) is 11.3 Å². The molecule has 3 nitrogen and oxygen atoms in total. The molecule has 0 bridgehead atoms. The highest BCUT2D eigenvalue weighted by Crippen LogP contribution is 2.30. The van der Waals surface area contributed by atoms with Crippen molar-refractivity contribution in [2.75, 3.05) is 7.11 Å². The average molecular weight is 234 g/mol. The fourth-order valence-corrected chi connectivity index (χ4v) is 2.22. The monoisotopic (exact) mass is 234 g/mol. The van der Waals surface area contributed by atoms with E-state index in [4.69, 9.17) is 0 Å². The SMILES string of the molecule is COC(=O)c1cc(O)ccc1-c1cccs1. The maximum absolute atomic E-state index is 11.6. The van der Waals surface area contributed by atoms with Gasteiger partial charge in [-0.05, 0) is 29.6 Å². The fraction of sp³-hybridized carbons (Fsp3) is 0.0833. The van der Waals surface area contributed by atoms with E-state index in [9.17, 15) is 9.90 Å². The number of methoxy groups -OCH3 is 1. The summed E-state index contributed by atoms with van der Waals surface area (Å²) in [6, 6.07) is 8.52. The van der Waals surface area contributed by atoms with Crippen LogP contribution in [0.4, 0.5) is 0 Å². The van der Waals surface area contributed by atoms with Gasteiger partial charge < -0.3 is 9.84 Å². The molecule has 0 spiro atoms. The van der Waals surface area contributed by atoms with Crippen LogP contribution in [0.1, 0.15) is 10.4 Å². The number of hydrogen-bond acceptors (Lipinski definition) is 4. The fourth-order valence-electron chi connectivity index (χ4n) is 1.46. The topological polar surface area (TPSA) is 46.5 Å². The molecule has 1 heterocycles. The molecule has 2 aromatic rings. The number of ether oxygens (including phenoxy) is 1. The second kappa shape index (κ2) is 4.37. The largest absolute Gasteiger partial charge is 0.508 e. The number of thiophene rings is 1. The maximum Gasteiger partial charge on any atom is 0.338 e. The Morgan fingerprint density at radius 2 is 2.19 bits per heavy atom. The number of carbonyl (C=O) groups excluding carboxylic acids is 1. The molecule has 4 heteroatoms. The zero-order valence-corrected chi connectivity index (χ0v) is 9.45. The standard InChI is InChI=1S/C12H10O3S/c1-15-12(14)10-7-8(13)4-5-9(10)11-3-2-6-16-11/h2-7,13H,1H3. The van der Waals surface area contributed by atoms with Gasteiger partial charge in [-0.2, -0.15) is 0 Å². The quantitative estimate of drug-likeness (QED) is 0.813. The van der Waals surface area contributed by atoms with E-state index in [2.05, 4.69) is 4.74 Å². The first kappa shape index (κ1) is 10.7. The van der Waals surface area contributed by atoms with E-state index in [-0.39, 0.29) is 5.75 Å². The molecule has 1 aromatic carbocycles. The van der Waals surface area contributed by atoms with Crippen molar-refractivity contribution in [3.8, 4) is 16.2 Å². The molecule has 2 rings (SSSR count). The molecular formula is C12H10O3S. The van der Waals surface area contributed by atoms with Crippen LogP contribution < -0.4 is 0 Å². The molecule has 0 saturated heterocycles. The van der Waals surface area contributed by atoms with Gasteiger partial charge in [-0.25, -0.2) is 4.79 Å². The van der Waals surface area contributed by atoms with Gasteiger partial charge >= 0.3 is 5.97 Å². The van der Waals surface area contributed by atoms with Crippen molar-refractivity contribution in [1.82, 2.24) is 0 Å². The van der Waals surface area contributed by atoms with Crippen LogP contribution in [0.5, 0.6) is 5.75 Å². The summed E-state index contributed by atoms with van der Waals surface area (Å²) in [6.45, 7) is 0. The normalized spacial score (nSPS) is 10.1. The Labute approximate surface area is 96.9 Å². The smallest absolute Gasteiger partial charge is 0.338 e. The second-order valence-corrected chi connectivity index (χ2v) is 4.15. The first-order valence-electron chi connectivity index (χ1n) is 4.67. The number of carbonyl (C=O) groups is 1. The Kier molecular flexibility index (Phi) is 2.92. The lowest BCUT2D eigenvalue weighted by atomic mass is 10.1. The molecule has 0 aliphatic rings. The predicted octanol–water partition coefficient (Wildman–Crippen LogP) is 2.91. The Hall–Kier alpha value is -1.81. The van der Waals surface area contributed by atoms with Crippen LogP contribution in [0.2, 0.25) is 0 Å². The third-order valence-corrected chi connectivity index (χ3v) is 3.10. The van der Waals surface area contributed by atoms with Crippen LogP contribution in [-0.4, -0.2) is 18.2 Å². The molecule has 0 aliphatic carbocycles.